The lowest BCUT2D eigenvalue weighted by molar-refractivity contribution is -0.0842. The number of rotatable bonds is 6. The summed E-state index contributed by atoms with van der Waals surface area (Å²) in [6, 6.07) is 0. The average Bonchev–Trinajstić information content (AvgIpc) is 2.00. The van der Waals surface area contributed by atoms with E-state index in [0.717, 1.165) is 12.8 Å². The molecule has 0 unspecified atom stereocenters. The molecule has 78 valence electrons. The molecule has 4 nitrogen and oxygen atoms in total. The van der Waals surface area contributed by atoms with Crippen LogP contribution >= 0.6 is 0 Å². The molecule has 1 saturated heterocycles. The molecular formula is C8H16O4S. The summed E-state index contributed by atoms with van der Waals surface area (Å²) in [5, 5.41) is 0. The Morgan fingerprint density at radius 2 is 1.69 bits per heavy atom. The first kappa shape index (κ1) is 10.9. The predicted molar refractivity (Wildman–Crippen MR) is 48.3 cm³/mol. The lowest BCUT2D eigenvalue weighted by atomic mass is 10.1. The van der Waals surface area contributed by atoms with Gasteiger partial charge in [0, 0.05) is 6.42 Å². The largest absolute Gasteiger partial charge is 0.404 e. The third-order valence-electron chi connectivity index (χ3n) is 1.99. The molecule has 0 aromatic carbocycles. The van der Waals surface area contributed by atoms with Crippen LogP contribution in [0, 0.1) is 0 Å². The highest BCUT2D eigenvalue weighted by Gasteiger charge is 2.35. The van der Waals surface area contributed by atoms with Gasteiger partial charge in [-0.25, -0.2) is 8.37 Å². The fraction of sp³-hybridized carbons (Fsp3) is 1.00. The molecule has 1 heterocycles. The Hall–Kier alpha value is -0.130. The molecule has 0 radical (unpaired) electrons. The zero-order chi connectivity index (χ0) is 9.73. The van der Waals surface area contributed by atoms with Crippen molar-refractivity contribution in [1.29, 1.82) is 0 Å². The van der Waals surface area contributed by atoms with Crippen LogP contribution in [-0.2, 0) is 18.8 Å². The van der Waals surface area contributed by atoms with Gasteiger partial charge in [-0.15, -0.1) is 0 Å². The van der Waals surface area contributed by atoms with Gasteiger partial charge in [-0.3, -0.25) is 0 Å². The molecule has 0 aromatic heterocycles. The summed E-state index contributed by atoms with van der Waals surface area (Å²) in [5.41, 5.74) is 0. The van der Waals surface area contributed by atoms with Crippen LogP contribution in [-0.4, -0.2) is 14.7 Å². The van der Waals surface area contributed by atoms with E-state index in [0.29, 0.717) is 6.42 Å². The Kier molecular flexibility index (Phi) is 4.15. The fourth-order valence-corrected chi connectivity index (χ4v) is 2.01. The van der Waals surface area contributed by atoms with Gasteiger partial charge in [0.05, 0.1) is 0 Å². The van der Waals surface area contributed by atoms with Gasteiger partial charge in [0.15, 0.2) is 6.29 Å². The Labute approximate surface area is 79.6 Å². The molecule has 1 aliphatic rings. The minimum atomic E-state index is -3.58. The molecule has 0 bridgehead atoms. The van der Waals surface area contributed by atoms with E-state index < -0.39 is 16.7 Å². The first-order valence-electron chi connectivity index (χ1n) is 4.75. The first-order chi connectivity index (χ1) is 6.14. The fourth-order valence-electron chi connectivity index (χ4n) is 1.28. The third kappa shape index (κ3) is 4.06. The zero-order valence-corrected chi connectivity index (χ0v) is 8.68. The molecule has 1 rings (SSSR count). The van der Waals surface area contributed by atoms with Crippen LogP contribution in [0.4, 0.5) is 0 Å². The van der Waals surface area contributed by atoms with E-state index in [1.807, 2.05) is 0 Å². The van der Waals surface area contributed by atoms with Crippen LogP contribution in [0.15, 0.2) is 0 Å². The van der Waals surface area contributed by atoms with Crippen LogP contribution in [0.1, 0.15) is 45.4 Å². The highest BCUT2D eigenvalue weighted by molar-refractivity contribution is 7.82. The normalized spacial score (nSPS) is 21.3. The minimum absolute atomic E-state index is 0.508. The van der Waals surface area contributed by atoms with Crippen LogP contribution in [0.2, 0.25) is 0 Å². The van der Waals surface area contributed by atoms with Crippen molar-refractivity contribution in [2.24, 2.45) is 0 Å². The highest BCUT2D eigenvalue weighted by atomic mass is 32.3. The van der Waals surface area contributed by atoms with E-state index in [9.17, 15) is 8.42 Å². The van der Waals surface area contributed by atoms with Crippen molar-refractivity contribution < 1.29 is 16.8 Å². The Morgan fingerprint density at radius 3 is 2.23 bits per heavy atom. The minimum Gasteiger partial charge on any atom is -0.215 e. The Morgan fingerprint density at radius 1 is 1.08 bits per heavy atom. The number of hydrogen-bond donors (Lipinski definition) is 0. The van der Waals surface area contributed by atoms with E-state index in [-0.39, 0.29) is 0 Å². The molecule has 1 aliphatic heterocycles. The maximum atomic E-state index is 10.4. The molecule has 0 aliphatic carbocycles. The summed E-state index contributed by atoms with van der Waals surface area (Å²) in [7, 11) is -3.58. The van der Waals surface area contributed by atoms with E-state index in [1.54, 1.807) is 0 Å². The molecule has 5 heteroatoms. The van der Waals surface area contributed by atoms with Gasteiger partial charge in [-0.2, -0.15) is 8.42 Å². The summed E-state index contributed by atoms with van der Waals surface area (Å²) in [6.45, 7) is 2.16. The number of hydrogen-bond acceptors (Lipinski definition) is 4. The van der Waals surface area contributed by atoms with E-state index >= 15 is 0 Å². The van der Waals surface area contributed by atoms with Gasteiger partial charge in [0.1, 0.15) is 0 Å². The zero-order valence-electron chi connectivity index (χ0n) is 7.86. The number of unbranched alkanes of at least 4 members (excludes halogenated alkanes) is 4. The molecule has 0 spiro atoms. The van der Waals surface area contributed by atoms with E-state index in [4.69, 9.17) is 0 Å². The van der Waals surface area contributed by atoms with Crippen LogP contribution in [0.3, 0.4) is 0 Å². The summed E-state index contributed by atoms with van der Waals surface area (Å²) in [5.74, 6) is 0. The van der Waals surface area contributed by atoms with Crippen LogP contribution in [0.25, 0.3) is 0 Å². The van der Waals surface area contributed by atoms with Crippen molar-refractivity contribution >= 4 is 10.4 Å². The molecule has 13 heavy (non-hydrogen) atoms. The lowest BCUT2D eigenvalue weighted by Gasteiger charge is -2.24. The van der Waals surface area contributed by atoms with Crippen molar-refractivity contribution in [1.82, 2.24) is 0 Å². The molecule has 0 N–H and O–H groups in total. The standard InChI is InChI=1S/C8H16O4S/c1-2-3-4-5-6-7-8-11-13(9,10)12-8/h8H,2-7H2,1H3. The first-order valence-corrected chi connectivity index (χ1v) is 6.09. The van der Waals surface area contributed by atoms with Gasteiger partial charge < -0.3 is 0 Å². The maximum absolute atomic E-state index is 10.4. The predicted octanol–water partition coefficient (Wildman–Crippen LogP) is 1.96. The summed E-state index contributed by atoms with van der Waals surface area (Å²) in [6.07, 6.45) is 5.93. The van der Waals surface area contributed by atoms with Gasteiger partial charge in [0.2, 0.25) is 0 Å². The van der Waals surface area contributed by atoms with E-state index in [1.165, 1.54) is 19.3 Å². The SMILES string of the molecule is CCCCCCCC1OS(=O)(=O)O1. The molecule has 0 amide bonds. The third-order valence-corrected chi connectivity index (χ3v) is 2.89. The maximum Gasteiger partial charge on any atom is 0.404 e. The summed E-state index contributed by atoms with van der Waals surface area (Å²) >= 11 is 0. The van der Waals surface area contributed by atoms with Crippen molar-refractivity contribution in [3.8, 4) is 0 Å². The van der Waals surface area contributed by atoms with Crippen molar-refractivity contribution in [2.45, 2.75) is 51.7 Å². The van der Waals surface area contributed by atoms with Gasteiger partial charge in [-0.1, -0.05) is 32.6 Å². The lowest BCUT2D eigenvalue weighted by Crippen LogP contribution is -2.35. The molecule has 1 fully saturated rings. The summed E-state index contributed by atoms with van der Waals surface area (Å²) in [4.78, 5) is 0. The monoisotopic (exact) mass is 208 g/mol. The highest BCUT2D eigenvalue weighted by Crippen LogP contribution is 2.23. The Balaban J connectivity index is 1.91. The van der Waals surface area contributed by atoms with Crippen molar-refractivity contribution in [2.75, 3.05) is 0 Å². The quantitative estimate of drug-likeness (QED) is 0.626. The Bertz CT molecular complexity index is 223. The van der Waals surface area contributed by atoms with Gasteiger partial charge >= 0.3 is 10.4 Å². The average molecular weight is 208 g/mol. The van der Waals surface area contributed by atoms with Crippen molar-refractivity contribution in [3.05, 3.63) is 0 Å². The van der Waals surface area contributed by atoms with Crippen LogP contribution < -0.4 is 0 Å². The second-order valence-electron chi connectivity index (χ2n) is 3.23. The van der Waals surface area contributed by atoms with Gasteiger partial charge in [-0.05, 0) is 6.42 Å². The van der Waals surface area contributed by atoms with Crippen molar-refractivity contribution in [3.63, 3.8) is 0 Å². The summed E-state index contributed by atoms with van der Waals surface area (Å²) < 4.78 is 29.7. The van der Waals surface area contributed by atoms with E-state index in [2.05, 4.69) is 15.3 Å². The second-order valence-corrected chi connectivity index (χ2v) is 4.43. The van der Waals surface area contributed by atoms with Gasteiger partial charge in [0.25, 0.3) is 0 Å². The molecule has 0 saturated carbocycles. The molecule has 0 atom stereocenters. The molecule has 0 aromatic rings. The van der Waals surface area contributed by atoms with Crippen LogP contribution in [0.5, 0.6) is 0 Å². The molecular weight excluding hydrogens is 192 g/mol. The second kappa shape index (κ2) is 4.93. The smallest absolute Gasteiger partial charge is 0.215 e. The topological polar surface area (TPSA) is 52.6 Å².